The highest BCUT2D eigenvalue weighted by atomic mass is 16.6. The van der Waals surface area contributed by atoms with E-state index in [-0.39, 0.29) is 0 Å². The van der Waals surface area contributed by atoms with Gasteiger partial charge in [0.2, 0.25) is 0 Å². The van der Waals surface area contributed by atoms with Crippen molar-refractivity contribution in [3.8, 4) is 0 Å². The van der Waals surface area contributed by atoms with Gasteiger partial charge in [0.25, 0.3) is 0 Å². The Morgan fingerprint density at radius 2 is 2.24 bits per heavy atom. The molecule has 0 saturated heterocycles. The lowest BCUT2D eigenvalue weighted by atomic mass is 10.1. The Bertz CT molecular complexity index is 690. The van der Waals surface area contributed by atoms with E-state index in [0.29, 0.717) is 13.0 Å². The lowest BCUT2D eigenvalue weighted by Crippen LogP contribution is -2.18. The van der Waals surface area contributed by atoms with Crippen LogP contribution in [0.15, 0.2) is 42.4 Å². The van der Waals surface area contributed by atoms with Gasteiger partial charge in [0.15, 0.2) is 0 Å². The summed E-state index contributed by atoms with van der Waals surface area (Å²) in [5, 5.41) is 14.6. The Balaban J connectivity index is 1.98. The van der Waals surface area contributed by atoms with E-state index >= 15 is 0 Å². The monoisotopic (exact) mass is 289 g/mol. The highest BCUT2D eigenvalue weighted by molar-refractivity contribution is 5.85. The zero-order valence-electron chi connectivity index (χ0n) is 11.5. The molecule has 0 aliphatic rings. The number of para-hydroxylation sites is 1. The predicted octanol–water partition coefficient (Wildman–Crippen LogP) is 1.59. The quantitative estimate of drug-likeness (QED) is 0.277. The number of nitro groups is 1. The van der Waals surface area contributed by atoms with Gasteiger partial charge in [-0.05, 0) is 18.1 Å². The van der Waals surface area contributed by atoms with Gasteiger partial charge in [-0.15, -0.1) is 0 Å². The summed E-state index contributed by atoms with van der Waals surface area (Å²) < 4.78 is 4.34. The zero-order chi connectivity index (χ0) is 15.2. The Morgan fingerprint density at radius 3 is 2.95 bits per heavy atom. The number of carbonyl (C=O) groups excluding carboxylic acids is 1. The van der Waals surface area contributed by atoms with Crippen LogP contribution in [0, 0.1) is 10.1 Å². The summed E-state index contributed by atoms with van der Waals surface area (Å²) in [6, 6.07) is 7.89. The number of hydrogen-bond donors (Lipinski definition) is 2. The number of nitrogens with one attached hydrogen (secondary N) is 2. The molecule has 0 unspecified atom stereocenters. The predicted molar refractivity (Wildman–Crippen MR) is 77.1 cm³/mol. The molecule has 0 saturated carbocycles. The van der Waals surface area contributed by atoms with Crippen molar-refractivity contribution in [2.45, 2.75) is 6.42 Å². The fraction of sp³-hybridized carbons (Fsp3) is 0.214. The van der Waals surface area contributed by atoms with Crippen LogP contribution in [-0.4, -0.2) is 29.5 Å². The molecule has 7 heteroatoms. The second-order valence-corrected chi connectivity index (χ2v) is 4.34. The fourth-order valence-corrected chi connectivity index (χ4v) is 2.00. The molecule has 1 aromatic carbocycles. The number of H-pyrrole nitrogens is 1. The molecule has 0 aliphatic carbocycles. The molecule has 21 heavy (non-hydrogen) atoms. The summed E-state index contributed by atoms with van der Waals surface area (Å²) in [5.41, 5.74) is 1.53. The maximum atomic E-state index is 11.2. The normalized spacial score (nSPS) is 11.4. The molecule has 0 spiro atoms. The van der Waals surface area contributed by atoms with Crippen LogP contribution in [0.5, 0.6) is 0 Å². The van der Waals surface area contributed by atoms with E-state index in [1.54, 1.807) is 0 Å². The second kappa shape index (κ2) is 6.56. The van der Waals surface area contributed by atoms with Crippen molar-refractivity contribution in [2.75, 3.05) is 13.7 Å². The molecule has 2 aromatic rings. The maximum absolute atomic E-state index is 11.2. The van der Waals surface area contributed by atoms with Crippen molar-refractivity contribution in [1.82, 2.24) is 10.3 Å². The Hall–Kier alpha value is -2.83. The van der Waals surface area contributed by atoms with Crippen molar-refractivity contribution in [1.29, 1.82) is 0 Å². The summed E-state index contributed by atoms with van der Waals surface area (Å²) in [6.45, 7) is 0.468. The van der Waals surface area contributed by atoms with Crippen molar-refractivity contribution in [3.63, 3.8) is 0 Å². The molecule has 7 nitrogen and oxygen atoms in total. The SMILES string of the molecule is COC(=O)/C(=C\NCCc1c[nH]c2ccccc12)[N+](=O)[O-]. The van der Waals surface area contributed by atoms with Crippen molar-refractivity contribution < 1.29 is 14.5 Å². The molecule has 1 heterocycles. The smallest absolute Gasteiger partial charge is 0.411 e. The molecular weight excluding hydrogens is 274 g/mol. The van der Waals surface area contributed by atoms with Crippen LogP contribution in [0.2, 0.25) is 0 Å². The number of ether oxygens (including phenoxy) is 1. The molecule has 0 bridgehead atoms. The molecule has 2 rings (SSSR count). The second-order valence-electron chi connectivity index (χ2n) is 4.34. The molecule has 0 radical (unpaired) electrons. The van der Waals surface area contributed by atoms with Gasteiger partial charge < -0.3 is 15.0 Å². The van der Waals surface area contributed by atoms with Crippen molar-refractivity contribution in [2.24, 2.45) is 0 Å². The number of benzene rings is 1. The van der Waals surface area contributed by atoms with Crippen LogP contribution >= 0.6 is 0 Å². The van der Waals surface area contributed by atoms with Crippen LogP contribution in [0.3, 0.4) is 0 Å². The minimum absolute atomic E-state index is 0.468. The lowest BCUT2D eigenvalue weighted by molar-refractivity contribution is -0.421. The number of methoxy groups -OCH3 is 1. The zero-order valence-corrected chi connectivity index (χ0v) is 11.5. The molecule has 1 aromatic heterocycles. The van der Waals surface area contributed by atoms with Crippen molar-refractivity contribution >= 4 is 16.9 Å². The number of hydrogen-bond acceptors (Lipinski definition) is 5. The third-order valence-electron chi connectivity index (χ3n) is 3.04. The average Bonchev–Trinajstić information content (AvgIpc) is 2.89. The third-order valence-corrected chi connectivity index (χ3v) is 3.04. The first-order chi connectivity index (χ1) is 10.1. The minimum Gasteiger partial charge on any atom is -0.461 e. The highest BCUT2D eigenvalue weighted by Gasteiger charge is 2.22. The first kappa shape index (κ1) is 14.6. The number of aromatic amines is 1. The van der Waals surface area contributed by atoms with Crippen molar-refractivity contribution in [3.05, 3.63) is 58.0 Å². The van der Waals surface area contributed by atoms with E-state index < -0.39 is 16.6 Å². The van der Waals surface area contributed by atoms with Gasteiger partial charge in [0.05, 0.1) is 18.2 Å². The summed E-state index contributed by atoms with van der Waals surface area (Å²) in [5.74, 6) is -0.973. The Kier molecular flexibility index (Phi) is 4.55. The molecule has 0 amide bonds. The molecule has 0 atom stereocenters. The van der Waals surface area contributed by atoms with Gasteiger partial charge in [-0.1, -0.05) is 18.2 Å². The molecule has 0 aliphatic heterocycles. The number of nitrogens with zero attached hydrogens (tertiary/aromatic N) is 1. The maximum Gasteiger partial charge on any atom is 0.411 e. The largest absolute Gasteiger partial charge is 0.461 e. The van der Waals surface area contributed by atoms with Crippen LogP contribution in [0.25, 0.3) is 10.9 Å². The fourth-order valence-electron chi connectivity index (χ4n) is 2.00. The molecule has 0 fully saturated rings. The molecular formula is C14H15N3O4. The summed E-state index contributed by atoms with van der Waals surface area (Å²) >= 11 is 0. The van der Waals surface area contributed by atoms with Crippen LogP contribution in [0.4, 0.5) is 0 Å². The number of rotatable bonds is 6. The molecule has 110 valence electrons. The van der Waals surface area contributed by atoms with Gasteiger partial charge in [-0.2, -0.15) is 0 Å². The number of carbonyl (C=O) groups is 1. The Labute approximate surface area is 120 Å². The van der Waals surface area contributed by atoms with E-state index in [0.717, 1.165) is 29.8 Å². The van der Waals surface area contributed by atoms with Gasteiger partial charge in [0, 0.05) is 23.6 Å². The first-order valence-electron chi connectivity index (χ1n) is 6.34. The third kappa shape index (κ3) is 3.38. The van der Waals surface area contributed by atoms with Crippen LogP contribution in [-0.2, 0) is 16.0 Å². The number of fused-ring (bicyclic) bond motifs is 1. The first-order valence-corrected chi connectivity index (χ1v) is 6.34. The van der Waals surface area contributed by atoms with Crippen LogP contribution < -0.4 is 5.32 Å². The molecule has 2 N–H and O–H groups in total. The van der Waals surface area contributed by atoms with Gasteiger partial charge >= 0.3 is 11.7 Å². The van der Waals surface area contributed by atoms with E-state index in [1.165, 1.54) is 0 Å². The summed E-state index contributed by atoms with van der Waals surface area (Å²) in [7, 11) is 1.10. The number of aromatic nitrogens is 1. The summed E-state index contributed by atoms with van der Waals surface area (Å²) in [4.78, 5) is 24.2. The van der Waals surface area contributed by atoms with Gasteiger partial charge in [0.1, 0.15) is 0 Å². The van der Waals surface area contributed by atoms with Crippen LogP contribution in [0.1, 0.15) is 5.56 Å². The van der Waals surface area contributed by atoms with E-state index in [2.05, 4.69) is 15.0 Å². The van der Waals surface area contributed by atoms with Gasteiger partial charge in [-0.3, -0.25) is 10.1 Å². The topological polar surface area (TPSA) is 97.3 Å². The van der Waals surface area contributed by atoms with E-state index in [9.17, 15) is 14.9 Å². The Morgan fingerprint density at radius 1 is 1.48 bits per heavy atom. The number of esters is 1. The van der Waals surface area contributed by atoms with Gasteiger partial charge in [-0.25, -0.2) is 4.79 Å². The average molecular weight is 289 g/mol. The van der Waals surface area contributed by atoms with E-state index in [4.69, 9.17) is 0 Å². The standard InChI is InChI=1S/C14H15N3O4/c1-21-14(18)13(17(19)20)9-15-7-6-10-8-16-12-5-3-2-4-11(10)12/h2-5,8-9,15-16H,6-7H2,1H3/b13-9+. The highest BCUT2D eigenvalue weighted by Crippen LogP contribution is 2.17. The summed E-state index contributed by atoms with van der Waals surface area (Å²) in [6.07, 6.45) is 3.65. The minimum atomic E-state index is -0.973. The lowest BCUT2D eigenvalue weighted by Gasteiger charge is -2.01. The van der Waals surface area contributed by atoms with E-state index in [1.807, 2.05) is 30.5 Å².